The molecule has 0 bridgehead atoms. The second-order valence-electron chi connectivity index (χ2n) is 7.52. The van der Waals surface area contributed by atoms with Crippen molar-refractivity contribution in [1.29, 1.82) is 0 Å². The van der Waals surface area contributed by atoms with Gasteiger partial charge in [0.25, 0.3) is 5.91 Å². The first-order valence-corrected chi connectivity index (χ1v) is 10.0. The van der Waals surface area contributed by atoms with Gasteiger partial charge in [-0.05, 0) is 74.8 Å². The lowest BCUT2D eigenvalue weighted by Gasteiger charge is -2.26. The predicted octanol–water partition coefficient (Wildman–Crippen LogP) is 4.56. The quantitative estimate of drug-likeness (QED) is 0.693. The molecule has 0 spiro atoms. The highest BCUT2D eigenvalue weighted by molar-refractivity contribution is 6.05. The summed E-state index contributed by atoms with van der Waals surface area (Å²) >= 11 is 0. The Bertz CT molecular complexity index is 990. The number of anilines is 1. The topological polar surface area (TPSA) is 50.2 Å². The molecule has 2 aromatic carbocycles. The zero-order valence-electron chi connectivity index (χ0n) is 16.6. The summed E-state index contributed by atoms with van der Waals surface area (Å²) in [5, 5.41) is 7.28. The maximum Gasteiger partial charge on any atom is 0.259 e. The number of nitrogens with one attached hydrogen (secondary N) is 1. The Morgan fingerprint density at radius 1 is 1.10 bits per heavy atom. The average molecular weight is 392 g/mol. The Kier molecular flexibility index (Phi) is 5.71. The van der Waals surface area contributed by atoms with Crippen LogP contribution in [0.15, 0.2) is 54.7 Å². The molecule has 4 rings (SSSR count). The number of hydrogen-bond acceptors (Lipinski definition) is 3. The molecule has 5 nitrogen and oxygen atoms in total. The third kappa shape index (κ3) is 4.54. The molecule has 0 unspecified atom stereocenters. The van der Waals surface area contributed by atoms with Crippen LogP contribution in [0.5, 0.6) is 0 Å². The van der Waals surface area contributed by atoms with Crippen LogP contribution < -0.4 is 5.32 Å². The zero-order chi connectivity index (χ0) is 20.2. The molecule has 1 N–H and O–H groups in total. The Hall–Kier alpha value is -2.99. The lowest BCUT2D eigenvalue weighted by atomic mass is 10.1. The van der Waals surface area contributed by atoms with E-state index in [0.29, 0.717) is 16.9 Å². The minimum atomic E-state index is -0.305. The molecule has 3 aromatic rings. The van der Waals surface area contributed by atoms with Gasteiger partial charge in [-0.1, -0.05) is 18.6 Å². The van der Waals surface area contributed by atoms with Crippen molar-refractivity contribution in [1.82, 2.24) is 14.7 Å². The first kappa shape index (κ1) is 19.3. The lowest BCUT2D eigenvalue weighted by molar-refractivity contribution is 0.102. The van der Waals surface area contributed by atoms with Crippen LogP contribution in [0.4, 0.5) is 10.1 Å². The lowest BCUT2D eigenvalue weighted by Crippen LogP contribution is -2.29. The molecule has 1 amide bonds. The second-order valence-corrected chi connectivity index (χ2v) is 7.52. The largest absolute Gasteiger partial charge is 0.322 e. The van der Waals surface area contributed by atoms with Gasteiger partial charge in [0.2, 0.25) is 0 Å². The van der Waals surface area contributed by atoms with Crippen molar-refractivity contribution in [2.24, 2.45) is 0 Å². The second kappa shape index (κ2) is 8.57. The molecular weight excluding hydrogens is 367 g/mol. The summed E-state index contributed by atoms with van der Waals surface area (Å²) < 4.78 is 14.8. The monoisotopic (exact) mass is 392 g/mol. The number of aromatic nitrogens is 2. The summed E-state index contributed by atoms with van der Waals surface area (Å²) in [4.78, 5) is 15.3. The minimum Gasteiger partial charge on any atom is -0.322 e. The molecule has 1 saturated heterocycles. The van der Waals surface area contributed by atoms with E-state index in [4.69, 9.17) is 0 Å². The van der Waals surface area contributed by atoms with Crippen LogP contribution in [-0.2, 0) is 6.54 Å². The number of benzene rings is 2. The molecule has 2 heterocycles. The molecular formula is C23H25FN4O. The van der Waals surface area contributed by atoms with Gasteiger partial charge in [-0.3, -0.25) is 9.69 Å². The molecule has 150 valence electrons. The van der Waals surface area contributed by atoms with E-state index < -0.39 is 0 Å². The van der Waals surface area contributed by atoms with Gasteiger partial charge in [-0.25, -0.2) is 9.07 Å². The molecule has 1 aromatic heterocycles. The normalized spacial score (nSPS) is 14.7. The summed E-state index contributed by atoms with van der Waals surface area (Å²) in [5.74, 6) is -0.507. The fourth-order valence-corrected chi connectivity index (χ4v) is 3.80. The third-order valence-corrected chi connectivity index (χ3v) is 5.37. The van der Waals surface area contributed by atoms with Crippen molar-refractivity contribution < 1.29 is 9.18 Å². The van der Waals surface area contributed by atoms with Crippen LogP contribution in [-0.4, -0.2) is 33.7 Å². The van der Waals surface area contributed by atoms with E-state index in [1.54, 1.807) is 23.0 Å². The maximum atomic E-state index is 13.2. The van der Waals surface area contributed by atoms with Crippen LogP contribution in [0.1, 0.15) is 40.9 Å². The number of rotatable bonds is 5. The van der Waals surface area contributed by atoms with Crippen LogP contribution in [0, 0.1) is 12.7 Å². The molecule has 29 heavy (non-hydrogen) atoms. The maximum absolute atomic E-state index is 13.2. The minimum absolute atomic E-state index is 0.203. The van der Waals surface area contributed by atoms with E-state index in [1.165, 1.54) is 37.0 Å². The number of halogens is 1. The number of piperidine rings is 1. The van der Waals surface area contributed by atoms with Crippen LogP contribution in [0.3, 0.4) is 0 Å². The first-order valence-electron chi connectivity index (χ1n) is 10.0. The van der Waals surface area contributed by atoms with Crippen LogP contribution in [0.2, 0.25) is 0 Å². The summed E-state index contributed by atoms with van der Waals surface area (Å²) in [5.41, 5.74) is 3.89. The van der Waals surface area contributed by atoms with E-state index in [9.17, 15) is 9.18 Å². The highest BCUT2D eigenvalue weighted by Gasteiger charge is 2.16. The van der Waals surface area contributed by atoms with Crippen molar-refractivity contribution in [2.75, 3.05) is 18.4 Å². The Morgan fingerprint density at radius 3 is 2.62 bits per heavy atom. The summed E-state index contributed by atoms with van der Waals surface area (Å²) in [6.45, 7) is 5.01. The van der Waals surface area contributed by atoms with Crippen LogP contribution in [0.25, 0.3) is 5.69 Å². The van der Waals surface area contributed by atoms with Gasteiger partial charge in [0.05, 0.1) is 23.1 Å². The summed E-state index contributed by atoms with van der Waals surface area (Å²) in [6.07, 6.45) is 5.38. The number of carbonyl (C=O) groups excluding carboxylic acids is 1. The zero-order valence-corrected chi connectivity index (χ0v) is 16.6. The smallest absolute Gasteiger partial charge is 0.259 e. The standard InChI is InChI=1S/C23H25FN4O/c1-17-22(15-25-28(17)21-10-8-19(24)9-11-21)23(29)26-20-7-5-6-18(14-20)16-27-12-3-2-4-13-27/h5-11,14-15H,2-4,12-13,16H2,1H3,(H,26,29). The van der Waals surface area contributed by atoms with Crippen molar-refractivity contribution in [3.63, 3.8) is 0 Å². The van der Waals surface area contributed by atoms with Gasteiger partial charge in [0, 0.05) is 12.2 Å². The molecule has 1 aliphatic heterocycles. The Labute approximate surface area is 170 Å². The molecule has 1 fully saturated rings. The van der Waals surface area contributed by atoms with Gasteiger partial charge >= 0.3 is 0 Å². The van der Waals surface area contributed by atoms with Crippen molar-refractivity contribution in [3.05, 3.63) is 77.4 Å². The van der Waals surface area contributed by atoms with Gasteiger partial charge in [0.15, 0.2) is 0 Å². The molecule has 6 heteroatoms. The van der Waals surface area contributed by atoms with Gasteiger partial charge in [-0.15, -0.1) is 0 Å². The molecule has 0 radical (unpaired) electrons. The Balaban J connectivity index is 1.47. The van der Waals surface area contributed by atoms with Gasteiger partial charge < -0.3 is 5.32 Å². The van der Waals surface area contributed by atoms with E-state index in [0.717, 1.165) is 25.3 Å². The van der Waals surface area contributed by atoms with Gasteiger partial charge in [-0.2, -0.15) is 5.10 Å². The number of hydrogen-bond donors (Lipinski definition) is 1. The third-order valence-electron chi connectivity index (χ3n) is 5.37. The number of nitrogens with zero attached hydrogens (tertiary/aromatic N) is 3. The summed E-state index contributed by atoms with van der Waals surface area (Å²) in [6, 6.07) is 14.0. The van der Waals surface area contributed by atoms with E-state index in [2.05, 4.69) is 21.4 Å². The van der Waals surface area contributed by atoms with Crippen molar-refractivity contribution in [2.45, 2.75) is 32.7 Å². The van der Waals surface area contributed by atoms with E-state index in [1.807, 2.05) is 25.1 Å². The molecule has 1 aliphatic rings. The fourth-order valence-electron chi connectivity index (χ4n) is 3.80. The van der Waals surface area contributed by atoms with E-state index >= 15 is 0 Å². The van der Waals surface area contributed by atoms with Gasteiger partial charge in [0.1, 0.15) is 5.82 Å². The first-order chi connectivity index (χ1) is 14.1. The highest BCUT2D eigenvalue weighted by Crippen LogP contribution is 2.19. The predicted molar refractivity (Wildman–Crippen MR) is 112 cm³/mol. The molecule has 0 saturated carbocycles. The van der Waals surface area contributed by atoms with Crippen LogP contribution >= 0.6 is 0 Å². The fraction of sp³-hybridized carbons (Fsp3) is 0.304. The van der Waals surface area contributed by atoms with Crippen molar-refractivity contribution >= 4 is 11.6 Å². The molecule has 0 atom stereocenters. The summed E-state index contributed by atoms with van der Waals surface area (Å²) in [7, 11) is 0. The number of likely N-dealkylation sites (tertiary alicyclic amines) is 1. The number of carbonyl (C=O) groups is 1. The highest BCUT2D eigenvalue weighted by atomic mass is 19.1. The SMILES string of the molecule is Cc1c(C(=O)Nc2cccc(CN3CCCCC3)c2)cnn1-c1ccc(F)cc1. The number of amides is 1. The van der Waals surface area contributed by atoms with E-state index in [-0.39, 0.29) is 11.7 Å². The van der Waals surface area contributed by atoms with Crippen molar-refractivity contribution in [3.8, 4) is 5.69 Å². The Morgan fingerprint density at radius 2 is 1.86 bits per heavy atom. The molecule has 0 aliphatic carbocycles. The average Bonchev–Trinajstić information content (AvgIpc) is 3.11.